The molecular weight excluding hydrogens is 444 g/mol. The van der Waals surface area contributed by atoms with Crippen molar-refractivity contribution in [1.82, 2.24) is 10.3 Å². The number of nitrogens with one attached hydrogen (secondary N) is 1. The average Bonchev–Trinajstić information content (AvgIpc) is 2.87. The lowest BCUT2D eigenvalue weighted by atomic mass is 9.84. The summed E-state index contributed by atoms with van der Waals surface area (Å²) in [5.41, 5.74) is 3.85. The van der Waals surface area contributed by atoms with E-state index >= 15 is 0 Å². The van der Waals surface area contributed by atoms with Gasteiger partial charge in [0, 0.05) is 35.1 Å². The molecule has 7 heteroatoms. The van der Waals surface area contributed by atoms with Gasteiger partial charge < -0.3 is 14.8 Å². The van der Waals surface area contributed by atoms with E-state index in [0.29, 0.717) is 11.1 Å². The summed E-state index contributed by atoms with van der Waals surface area (Å²) in [5, 5.41) is 3.19. The van der Waals surface area contributed by atoms with Gasteiger partial charge in [-0.05, 0) is 67.1 Å². The molecule has 182 valence electrons. The van der Waals surface area contributed by atoms with Crippen LogP contribution < -0.4 is 5.32 Å². The molecule has 1 aromatic heterocycles. The highest BCUT2D eigenvalue weighted by atomic mass is 16.5. The molecule has 1 heterocycles. The number of pyridine rings is 1. The van der Waals surface area contributed by atoms with Crippen LogP contribution in [0, 0.1) is 6.92 Å². The zero-order valence-corrected chi connectivity index (χ0v) is 20.6. The largest absolute Gasteiger partial charge is 0.489 e. The first kappa shape index (κ1) is 24.4. The predicted octanol–water partition coefficient (Wildman–Crippen LogP) is 4.55. The molecule has 1 N–H and O–H groups in total. The summed E-state index contributed by atoms with van der Waals surface area (Å²) in [6.07, 6.45) is 8.65. The van der Waals surface area contributed by atoms with Crippen molar-refractivity contribution in [2.75, 3.05) is 14.2 Å². The molecule has 35 heavy (non-hydrogen) atoms. The van der Waals surface area contributed by atoms with Crippen molar-refractivity contribution in [3.63, 3.8) is 0 Å². The standard InChI is InChI=1S/C28H30N2O5/c1-16-14-19(23-17(2)24(31)26(34-3)27(35-4)25(23)32)15-21(22(16)18-10-12-29-13-11-18)28(33)30-20-8-6-5-7-9-20/h10-15,20H,5-9H2,1-4H3,(H,30,33). The van der Waals surface area contributed by atoms with Gasteiger partial charge in [0.05, 0.1) is 14.2 Å². The molecule has 2 aliphatic rings. The number of ketones is 2. The molecule has 4 rings (SSSR count). The molecule has 2 aliphatic carbocycles. The first-order chi connectivity index (χ1) is 16.9. The first-order valence-electron chi connectivity index (χ1n) is 11.9. The van der Waals surface area contributed by atoms with Gasteiger partial charge in [-0.25, -0.2) is 0 Å². The lowest BCUT2D eigenvalue weighted by Gasteiger charge is -2.25. The second-order valence-corrected chi connectivity index (χ2v) is 8.98. The van der Waals surface area contributed by atoms with Gasteiger partial charge in [-0.2, -0.15) is 0 Å². The monoisotopic (exact) mass is 474 g/mol. The highest BCUT2D eigenvalue weighted by Gasteiger charge is 2.36. The highest BCUT2D eigenvalue weighted by molar-refractivity contribution is 6.38. The third-order valence-corrected chi connectivity index (χ3v) is 6.75. The Kier molecular flexibility index (Phi) is 7.15. The number of carbonyl (C=O) groups excluding carboxylic acids is 3. The molecule has 1 amide bonds. The number of hydrogen-bond acceptors (Lipinski definition) is 6. The molecule has 0 unspecified atom stereocenters. The van der Waals surface area contributed by atoms with Crippen molar-refractivity contribution in [1.29, 1.82) is 0 Å². The second kappa shape index (κ2) is 10.3. The van der Waals surface area contributed by atoms with Gasteiger partial charge >= 0.3 is 0 Å². The molecule has 0 radical (unpaired) electrons. The second-order valence-electron chi connectivity index (χ2n) is 8.98. The van der Waals surface area contributed by atoms with E-state index in [2.05, 4.69) is 10.3 Å². The minimum Gasteiger partial charge on any atom is -0.489 e. The van der Waals surface area contributed by atoms with Crippen LogP contribution in [0.2, 0.25) is 0 Å². The number of Topliss-reactive ketones (excluding diaryl/α,β-unsaturated/α-hetero) is 2. The molecule has 1 fully saturated rings. The molecule has 7 nitrogen and oxygen atoms in total. The number of amides is 1. The average molecular weight is 475 g/mol. The number of nitrogens with zero attached hydrogens (tertiary/aromatic N) is 1. The Hall–Kier alpha value is -3.74. The summed E-state index contributed by atoms with van der Waals surface area (Å²) >= 11 is 0. The maximum atomic E-state index is 13.6. The number of allylic oxidation sites excluding steroid dienone is 2. The van der Waals surface area contributed by atoms with E-state index in [4.69, 9.17) is 9.47 Å². The molecule has 1 aromatic carbocycles. The van der Waals surface area contributed by atoms with Crippen molar-refractivity contribution in [2.45, 2.75) is 52.0 Å². The van der Waals surface area contributed by atoms with Gasteiger partial charge in [0.1, 0.15) is 0 Å². The number of aromatic nitrogens is 1. The molecule has 0 atom stereocenters. The van der Waals surface area contributed by atoms with Crippen molar-refractivity contribution in [2.24, 2.45) is 0 Å². The van der Waals surface area contributed by atoms with Crippen LogP contribution >= 0.6 is 0 Å². The SMILES string of the molecule is COC1=C(OC)C(=O)C(c2cc(C)c(-c3ccncc3)c(C(=O)NC3CCCCC3)c2)=C(C)C1=O. The quantitative estimate of drug-likeness (QED) is 0.618. The number of benzene rings is 1. The van der Waals surface area contributed by atoms with Gasteiger partial charge in [0.15, 0.2) is 0 Å². The maximum Gasteiger partial charge on any atom is 0.252 e. The van der Waals surface area contributed by atoms with Crippen LogP contribution in [0.1, 0.15) is 60.5 Å². The number of aryl methyl sites for hydroxylation is 1. The maximum absolute atomic E-state index is 13.6. The van der Waals surface area contributed by atoms with Crippen LogP contribution in [0.5, 0.6) is 0 Å². The molecule has 0 saturated heterocycles. The molecule has 1 saturated carbocycles. The van der Waals surface area contributed by atoms with Crippen LogP contribution in [0.15, 0.2) is 53.8 Å². The number of methoxy groups -OCH3 is 2. The minimum absolute atomic E-state index is 0.112. The summed E-state index contributed by atoms with van der Waals surface area (Å²) in [6.45, 7) is 3.49. The van der Waals surface area contributed by atoms with Gasteiger partial charge in [0.25, 0.3) is 5.91 Å². The van der Waals surface area contributed by atoms with Crippen molar-refractivity contribution in [3.05, 3.63) is 70.4 Å². The summed E-state index contributed by atoms with van der Waals surface area (Å²) in [4.78, 5) is 44.0. The predicted molar refractivity (Wildman–Crippen MR) is 132 cm³/mol. The fourth-order valence-corrected chi connectivity index (χ4v) is 5.01. The van der Waals surface area contributed by atoms with Crippen LogP contribution in [0.4, 0.5) is 0 Å². The third-order valence-electron chi connectivity index (χ3n) is 6.75. The van der Waals surface area contributed by atoms with E-state index in [0.717, 1.165) is 42.4 Å². The van der Waals surface area contributed by atoms with Crippen molar-refractivity contribution in [3.8, 4) is 11.1 Å². The van der Waals surface area contributed by atoms with E-state index in [1.165, 1.54) is 20.6 Å². The molecule has 2 aromatic rings. The van der Waals surface area contributed by atoms with E-state index in [9.17, 15) is 14.4 Å². The van der Waals surface area contributed by atoms with Crippen LogP contribution in [-0.4, -0.2) is 42.7 Å². The fraction of sp³-hybridized carbons (Fsp3) is 0.357. The Morgan fingerprint density at radius 3 is 2.17 bits per heavy atom. The number of hydrogen-bond donors (Lipinski definition) is 1. The van der Waals surface area contributed by atoms with E-state index < -0.39 is 11.6 Å². The molecular formula is C28H30N2O5. The number of rotatable bonds is 6. The Morgan fingerprint density at radius 2 is 1.54 bits per heavy atom. The molecule has 0 bridgehead atoms. The normalized spacial score (nSPS) is 17.0. The van der Waals surface area contributed by atoms with Crippen molar-refractivity contribution < 1.29 is 23.9 Å². The van der Waals surface area contributed by atoms with Crippen molar-refractivity contribution >= 4 is 23.0 Å². The van der Waals surface area contributed by atoms with Gasteiger partial charge in [-0.15, -0.1) is 0 Å². The summed E-state index contributed by atoms with van der Waals surface area (Å²) in [7, 11) is 2.66. The summed E-state index contributed by atoms with van der Waals surface area (Å²) in [6, 6.07) is 7.38. The van der Waals surface area contributed by atoms with Crippen LogP contribution in [0.25, 0.3) is 16.7 Å². The minimum atomic E-state index is -0.448. The Morgan fingerprint density at radius 1 is 0.914 bits per heavy atom. The summed E-state index contributed by atoms with van der Waals surface area (Å²) < 4.78 is 10.4. The molecule has 0 spiro atoms. The van der Waals surface area contributed by atoms with E-state index in [1.807, 2.05) is 25.1 Å². The Bertz CT molecular complexity index is 1240. The zero-order valence-electron chi connectivity index (χ0n) is 20.6. The smallest absolute Gasteiger partial charge is 0.252 e. The number of ether oxygens (including phenoxy) is 2. The lowest BCUT2D eigenvalue weighted by Crippen LogP contribution is -2.36. The fourth-order valence-electron chi connectivity index (χ4n) is 5.01. The van der Waals surface area contributed by atoms with Crippen LogP contribution in [0.3, 0.4) is 0 Å². The van der Waals surface area contributed by atoms with Gasteiger partial charge in [-0.1, -0.05) is 25.3 Å². The van der Waals surface area contributed by atoms with Crippen LogP contribution in [-0.2, 0) is 19.1 Å². The van der Waals surface area contributed by atoms with Gasteiger partial charge in [0.2, 0.25) is 23.1 Å². The Balaban J connectivity index is 1.85. The molecule has 0 aliphatic heterocycles. The number of carbonyl (C=O) groups is 3. The van der Waals surface area contributed by atoms with E-state index in [-0.39, 0.29) is 34.6 Å². The third kappa shape index (κ3) is 4.63. The van der Waals surface area contributed by atoms with E-state index in [1.54, 1.807) is 25.4 Å². The summed E-state index contributed by atoms with van der Waals surface area (Å²) in [5.74, 6) is -1.30. The Labute approximate surface area is 205 Å². The lowest BCUT2D eigenvalue weighted by molar-refractivity contribution is -0.119. The van der Waals surface area contributed by atoms with Gasteiger partial charge in [-0.3, -0.25) is 19.4 Å². The topological polar surface area (TPSA) is 94.6 Å². The zero-order chi connectivity index (χ0) is 25.1. The highest BCUT2D eigenvalue weighted by Crippen LogP contribution is 2.36. The first-order valence-corrected chi connectivity index (χ1v) is 11.9.